The van der Waals surface area contributed by atoms with E-state index in [1.54, 1.807) is 24.3 Å². The summed E-state index contributed by atoms with van der Waals surface area (Å²) >= 11 is 0. The molecule has 0 aromatic heterocycles. The molecule has 10 nitrogen and oxygen atoms in total. The number of hydrogen-bond donors (Lipinski definition) is 0. The first-order valence-corrected chi connectivity index (χ1v) is 9.26. The molecule has 0 spiro atoms. The van der Waals surface area contributed by atoms with Crippen LogP contribution in [0.4, 0.5) is 30.2 Å². The lowest BCUT2D eigenvalue weighted by Crippen LogP contribution is -2.49. The summed E-state index contributed by atoms with van der Waals surface area (Å²) in [4.78, 5) is 36.3. The molecule has 1 aliphatic rings. The molecule has 0 aliphatic carbocycles. The van der Waals surface area contributed by atoms with Gasteiger partial charge in [-0.3, -0.25) is 25.0 Å². The number of nitrogens with zero attached hydrogens (tertiary/aromatic N) is 4. The van der Waals surface area contributed by atoms with Crippen molar-refractivity contribution in [3.05, 3.63) is 67.8 Å². The molecule has 0 bridgehead atoms. The first-order chi connectivity index (χ1) is 15.0. The van der Waals surface area contributed by atoms with Crippen LogP contribution in [0.1, 0.15) is 15.9 Å². The fourth-order valence-corrected chi connectivity index (χ4v) is 3.50. The van der Waals surface area contributed by atoms with Crippen LogP contribution in [0.2, 0.25) is 0 Å². The van der Waals surface area contributed by atoms with Gasteiger partial charge in [-0.1, -0.05) is 12.1 Å². The van der Waals surface area contributed by atoms with Gasteiger partial charge in [0.05, 0.1) is 28.1 Å². The van der Waals surface area contributed by atoms with Crippen LogP contribution in [0.25, 0.3) is 0 Å². The molecule has 3 rings (SSSR count). The Kier molecular flexibility index (Phi) is 6.18. The number of anilines is 1. The van der Waals surface area contributed by atoms with Gasteiger partial charge in [-0.05, 0) is 12.1 Å². The second-order valence-electron chi connectivity index (χ2n) is 6.85. The predicted molar refractivity (Wildman–Crippen MR) is 106 cm³/mol. The maximum atomic E-state index is 13.1. The second kappa shape index (κ2) is 8.69. The molecule has 0 atom stereocenters. The van der Waals surface area contributed by atoms with E-state index in [-0.39, 0.29) is 44.2 Å². The van der Waals surface area contributed by atoms with Gasteiger partial charge in [0.2, 0.25) is 0 Å². The Labute approximate surface area is 179 Å². The van der Waals surface area contributed by atoms with Crippen molar-refractivity contribution in [2.45, 2.75) is 6.18 Å². The normalized spacial score (nSPS) is 14.2. The number of rotatable bonds is 5. The van der Waals surface area contributed by atoms with Crippen molar-refractivity contribution in [1.29, 1.82) is 0 Å². The number of ether oxygens (including phenoxy) is 1. The SMILES string of the molecule is COc1ccccc1C(=O)N1CCN(c2c([N+](=O)[O-])cc(C(F)(F)F)cc2[N+](=O)[O-])CC1. The highest BCUT2D eigenvalue weighted by Gasteiger charge is 2.40. The number of piperazine rings is 1. The van der Waals surface area contributed by atoms with Gasteiger partial charge in [0, 0.05) is 38.3 Å². The van der Waals surface area contributed by atoms with Crippen LogP contribution in [-0.4, -0.2) is 53.9 Å². The number of nitro groups is 2. The molecule has 0 N–H and O–H groups in total. The van der Waals surface area contributed by atoms with Gasteiger partial charge in [-0.2, -0.15) is 13.2 Å². The molecule has 1 aliphatic heterocycles. The van der Waals surface area contributed by atoms with Crippen molar-refractivity contribution in [1.82, 2.24) is 4.90 Å². The van der Waals surface area contributed by atoms with Crippen LogP contribution in [0.15, 0.2) is 36.4 Å². The van der Waals surface area contributed by atoms with E-state index in [1.807, 2.05) is 0 Å². The summed E-state index contributed by atoms with van der Waals surface area (Å²) in [6.45, 7) is 0.000290. The second-order valence-corrected chi connectivity index (χ2v) is 6.85. The molecule has 0 radical (unpaired) electrons. The molecule has 13 heteroatoms. The monoisotopic (exact) mass is 454 g/mol. The lowest BCUT2D eigenvalue weighted by Gasteiger charge is -2.35. The number of hydrogen-bond acceptors (Lipinski definition) is 7. The molecule has 2 aromatic rings. The summed E-state index contributed by atoms with van der Waals surface area (Å²) in [5.41, 5.74) is -3.73. The topological polar surface area (TPSA) is 119 Å². The van der Waals surface area contributed by atoms with Gasteiger partial charge in [0.1, 0.15) is 5.75 Å². The first-order valence-electron chi connectivity index (χ1n) is 9.26. The molecule has 1 heterocycles. The number of methoxy groups -OCH3 is 1. The molecule has 1 saturated heterocycles. The Bertz CT molecular complexity index is 1030. The average molecular weight is 454 g/mol. The lowest BCUT2D eigenvalue weighted by atomic mass is 10.1. The summed E-state index contributed by atoms with van der Waals surface area (Å²) in [6, 6.07) is 7.10. The zero-order chi connectivity index (χ0) is 23.6. The zero-order valence-corrected chi connectivity index (χ0v) is 16.7. The third-order valence-electron chi connectivity index (χ3n) is 5.01. The number of halogens is 3. The van der Waals surface area contributed by atoms with Gasteiger partial charge >= 0.3 is 6.18 Å². The number of nitro benzene ring substituents is 2. The zero-order valence-electron chi connectivity index (χ0n) is 16.7. The Morgan fingerprint density at radius 1 is 1.00 bits per heavy atom. The number of carbonyl (C=O) groups excluding carboxylic acids is 1. The van der Waals surface area contributed by atoms with Crippen LogP contribution in [0, 0.1) is 20.2 Å². The van der Waals surface area contributed by atoms with Crippen molar-refractivity contribution < 1.29 is 32.5 Å². The molecular weight excluding hydrogens is 437 g/mol. The number of amides is 1. The van der Waals surface area contributed by atoms with Crippen molar-refractivity contribution in [2.75, 3.05) is 38.2 Å². The first kappa shape index (κ1) is 22.8. The minimum absolute atomic E-state index is 0.0477. The Morgan fingerprint density at radius 3 is 2.00 bits per heavy atom. The summed E-state index contributed by atoms with van der Waals surface area (Å²) < 4.78 is 44.5. The van der Waals surface area contributed by atoms with E-state index in [4.69, 9.17) is 4.74 Å². The molecule has 170 valence electrons. The van der Waals surface area contributed by atoms with Crippen LogP contribution < -0.4 is 9.64 Å². The summed E-state index contributed by atoms with van der Waals surface area (Å²) in [5, 5.41) is 22.9. The fourth-order valence-electron chi connectivity index (χ4n) is 3.50. The van der Waals surface area contributed by atoms with Crippen molar-refractivity contribution >= 4 is 23.0 Å². The molecule has 0 unspecified atom stereocenters. The quantitative estimate of drug-likeness (QED) is 0.501. The molecule has 1 fully saturated rings. The number of carbonyl (C=O) groups is 1. The Balaban J connectivity index is 1.91. The number of alkyl halides is 3. The van der Waals surface area contributed by atoms with E-state index in [0.29, 0.717) is 11.3 Å². The molecule has 2 aromatic carbocycles. The summed E-state index contributed by atoms with van der Waals surface area (Å²) in [7, 11) is 1.41. The highest BCUT2D eigenvalue weighted by atomic mass is 19.4. The summed E-state index contributed by atoms with van der Waals surface area (Å²) in [5.74, 6) is -0.00698. The molecule has 0 saturated carbocycles. The van der Waals surface area contributed by atoms with E-state index in [1.165, 1.54) is 16.9 Å². The fraction of sp³-hybridized carbons (Fsp3) is 0.316. The van der Waals surface area contributed by atoms with Crippen LogP contribution in [0.3, 0.4) is 0 Å². The van der Waals surface area contributed by atoms with Crippen LogP contribution in [-0.2, 0) is 6.18 Å². The Morgan fingerprint density at radius 2 is 1.53 bits per heavy atom. The van der Waals surface area contributed by atoms with Gasteiger partial charge in [0.25, 0.3) is 17.3 Å². The van der Waals surface area contributed by atoms with E-state index in [9.17, 15) is 38.2 Å². The molecular formula is C19H17F3N4O6. The molecule has 1 amide bonds. The maximum Gasteiger partial charge on any atom is 0.416 e. The minimum Gasteiger partial charge on any atom is -0.496 e. The summed E-state index contributed by atoms with van der Waals surface area (Å²) in [6.07, 6.45) is -4.99. The van der Waals surface area contributed by atoms with Crippen LogP contribution in [0.5, 0.6) is 5.75 Å². The van der Waals surface area contributed by atoms with E-state index in [2.05, 4.69) is 0 Å². The number of benzene rings is 2. The van der Waals surface area contributed by atoms with Crippen molar-refractivity contribution in [2.24, 2.45) is 0 Å². The smallest absolute Gasteiger partial charge is 0.416 e. The number of para-hydroxylation sites is 1. The van der Waals surface area contributed by atoms with E-state index >= 15 is 0 Å². The predicted octanol–water partition coefficient (Wildman–Crippen LogP) is 3.49. The van der Waals surface area contributed by atoms with Gasteiger partial charge in [-0.15, -0.1) is 0 Å². The standard InChI is InChI=1S/C19H17F3N4O6/c1-32-16-5-3-2-4-13(16)18(27)24-8-6-23(7-9-24)17-14(25(28)29)10-12(19(20,21)22)11-15(17)26(30)31/h2-5,10-11H,6-9H2,1H3. The van der Waals surface area contributed by atoms with E-state index in [0.717, 1.165) is 0 Å². The maximum absolute atomic E-state index is 13.1. The van der Waals surface area contributed by atoms with E-state index < -0.39 is 38.6 Å². The van der Waals surface area contributed by atoms with Gasteiger partial charge in [0.15, 0.2) is 5.69 Å². The average Bonchev–Trinajstić information content (AvgIpc) is 2.77. The van der Waals surface area contributed by atoms with Crippen molar-refractivity contribution in [3.63, 3.8) is 0 Å². The Hall–Kier alpha value is -3.90. The van der Waals surface area contributed by atoms with Crippen LogP contribution >= 0.6 is 0 Å². The third-order valence-corrected chi connectivity index (χ3v) is 5.01. The van der Waals surface area contributed by atoms with Crippen molar-refractivity contribution in [3.8, 4) is 5.75 Å². The third kappa shape index (κ3) is 4.40. The molecule has 32 heavy (non-hydrogen) atoms. The lowest BCUT2D eigenvalue weighted by molar-refractivity contribution is -0.393. The largest absolute Gasteiger partial charge is 0.496 e. The van der Waals surface area contributed by atoms with Gasteiger partial charge < -0.3 is 14.5 Å². The highest BCUT2D eigenvalue weighted by Crippen LogP contribution is 2.43. The minimum atomic E-state index is -4.99. The van der Waals surface area contributed by atoms with Gasteiger partial charge in [-0.25, -0.2) is 0 Å². The highest BCUT2D eigenvalue weighted by molar-refractivity contribution is 5.97.